The van der Waals surface area contributed by atoms with E-state index in [1.54, 1.807) is 41.8 Å². The van der Waals surface area contributed by atoms with E-state index in [0.717, 1.165) is 26.6 Å². The Morgan fingerprint density at radius 1 is 1.13 bits per heavy atom. The third-order valence-corrected chi connectivity index (χ3v) is 6.64. The first-order chi connectivity index (χ1) is 11.0. The molecule has 2 rings (SSSR count). The number of Topliss-reactive ketones (excluding diaryl/α,β-unsaturated/α-hetero) is 1. The highest BCUT2D eigenvalue weighted by atomic mass is 32.2. The van der Waals surface area contributed by atoms with Gasteiger partial charge in [0.05, 0.1) is 0 Å². The number of thioether (sulfide) groups is 2. The Morgan fingerprint density at radius 2 is 1.78 bits per heavy atom. The molecule has 0 saturated carbocycles. The molecule has 1 aromatic heterocycles. The van der Waals surface area contributed by atoms with Crippen LogP contribution in [0.1, 0.15) is 50.7 Å². The van der Waals surface area contributed by atoms with Gasteiger partial charge in [-0.2, -0.15) is 0 Å². The van der Waals surface area contributed by atoms with E-state index in [1.165, 1.54) is 11.1 Å². The van der Waals surface area contributed by atoms with Crippen molar-refractivity contribution in [3.8, 4) is 0 Å². The van der Waals surface area contributed by atoms with Crippen LogP contribution >= 0.6 is 34.9 Å². The fraction of sp³-hybridized carbons (Fsp3) is 0.471. The monoisotopic (exact) mass is 366 g/mol. The minimum absolute atomic E-state index is 0.252. The molecule has 0 aliphatic carbocycles. The van der Waals surface area contributed by atoms with Crippen LogP contribution in [0.2, 0.25) is 0 Å². The van der Waals surface area contributed by atoms with Gasteiger partial charge in [0, 0.05) is 17.9 Å². The average molecular weight is 367 g/mol. The van der Waals surface area contributed by atoms with E-state index in [0.29, 0.717) is 12.3 Å². The molecule has 124 valence electrons. The van der Waals surface area contributed by atoms with Crippen LogP contribution in [0.3, 0.4) is 0 Å². The van der Waals surface area contributed by atoms with Gasteiger partial charge >= 0.3 is 0 Å². The zero-order valence-corrected chi connectivity index (χ0v) is 16.2. The van der Waals surface area contributed by atoms with Crippen LogP contribution < -0.4 is 0 Å². The lowest BCUT2D eigenvalue weighted by atomic mass is 10.0. The molecule has 2 aromatic rings. The van der Waals surface area contributed by atoms with Crippen molar-refractivity contribution in [2.24, 2.45) is 0 Å². The molecular weight excluding hydrogens is 344 g/mol. The van der Waals surface area contributed by atoms with Gasteiger partial charge in [-0.1, -0.05) is 73.0 Å². The van der Waals surface area contributed by atoms with Crippen molar-refractivity contribution in [3.05, 3.63) is 35.4 Å². The van der Waals surface area contributed by atoms with Crippen molar-refractivity contribution in [2.75, 3.05) is 5.75 Å². The number of rotatable bonds is 9. The lowest BCUT2D eigenvalue weighted by Crippen LogP contribution is -1.90. The molecule has 6 heteroatoms. The summed E-state index contributed by atoms with van der Waals surface area (Å²) in [4.78, 5) is 10.9. The summed E-state index contributed by atoms with van der Waals surface area (Å²) < 4.78 is 2.00. The Bertz CT molecular complexity index is 623. The van der Waals surface area contributed by atoms with Gasteiger partial charge in [-0.25, -0.2) is 0 Å². The highest BCUT2D eigenvalue weighted by Crippen LogP contribution is 2.31. The SMILES string of the molecule is CC(=O)CCCSc1nnc(SCc2ccc(C(C)C)cc2)s1. The standard InChI is InChI=1S/C17H22N2OS3/c1-12(2)15-8-6-14(7-9-15)11-22-17-19-18-16(23-17)21-10-4-5-13(3)20/h6-9,12H,4-5,10-11H2,1-3H3. The first-order valence-corrected chi connectivity index (χ1v) is 10.5. The first kappa shape index (κ1) is 18.5. The maximum atomic E-state index is 10.9. The molecule has 0 N–H and O–H groups in total. The minimum atomic E-state index is 0.252. The highest BCUT2D eigenvalue weighted by molar-refractivity contribution is 8.02. The number of aromatic nitrogens is 2. The van der Waals surface area contributed by atoms with E-state index in [4.69, 9.17) is 0 Å². The van der Waals surface area contributed by atoms with Gasteiger partial charge in [-0.15, -0.1) is 10.2 Å². The molecule has 3 nitrogen and oxygen atoms in total. The average Bonchev–Trinajstić information content (AvgIpc) is 2.97. The number of hydrogen-bond donors (Lipinski definition) is 0. The Morgan fingerprint density at radius 3 is 2.39 bits per heavy atom. The fourth-order valence-corrected chi connectivity index (χ4v) is 4.92. The maximum absolute atomic E-state index is 10.9. The molecule has 0 atom stereocenters. The Kier molecular flexibility index (Phi) is 7.59. The van der Waals surface area contributed by atoms with Crippen LogP contribution in [0.5, 0.6) is 0 Å². The predicted octanol–water partition coefficient (Wildman–Crippen LogP) is 5.42. The molecule has 0 bridgehead atoms. The van der Waals surface area contributed by atoms with Crippen LogP contribution in [-0.2, 0) is 10.5 Å². The summed E-state index contributed by atoms with van der Waals surface area (Å²) in [7, 11) is 0. The molecule has 0 amide bonds. The number of carbonyl (C=O) groups is 1. The van der Waals surface area contributed by atoms with Crippen LogP contribution in [0.15, 0.2) is 32.9 Å². The summed E-state index contributed by atoms with van der Waals surface area (Å²) in [6, 6.07) is 8.80. The molecule has 0 aliphatic heterocycles. The van der Waals surface area contributed by atoms with E-state index in [-0.39, 0.29) is 5.78 Å². The zero-order chi connectivity index (χ0) is 16.7. The van der Waals surface area contributed by atoms with Crippen molar-refractivity contribution in [3.63, 3.8) is 0 Å². The van der Waals surface area contributed by atoms with Crippen LogP contribution in [0.4, 0.5) is 0 Å². The smallest absolute Gasteiger partial charge is 0.175 e. The van der Waals surface area contributed by atoms with Gasteiger partial charge in [0.1, 0.15) is 5.78 Å². The van der Waals surface area contributed by atoms with Crippen LogP contribution in [0.25, 0.3) is 0 Å². The third kappa shape index (κ3) is 6.65. The van der Waals surface area contributed by atoms with E-state index in [1.807, 2.05) is 0 Å². The number of ketones is 1. The Balaban J connectivity index is 1.76. The van der Waals surface area contributed by atoms with Crippen LogP contribution in [0, 0.1) is 0 Å². The number of nitrogens with zero attached hydrogens (tertiary/aromatic N) is 2. The van der Waals surface area contributed by atoms with Gasteiger partial charge in [0.15, 0.2) is 8.68 Å². The molecule has 0 spiro atoms. The fourth-order valence-electron chi connectivity index (χ4n) is 1.94. The number of carbonyl (C=O) groups excluding carboxylic acids is 1. The second-order valence-electron chi connectivity index (χ2n) is 5.67. The first-order valence-electron chi connectivity index (χ1n) is 7.72. The zero-order valence-electron chi connectivity index (χ0n) is 13.7. The number of hydrogen-bond acceptors (Lipinski definition) is 6. The molecule has 0 saturated heterocycles. The highest BCUT2D eigenvalue weighted by Gasteiger charge is 2.06. The summed E-state index contributed by atoms with van der Waals surface area (Å²) in [5.74, 6) is 2.67. The van der Waals surface area contributed by atoms with Crippen LogP contribution in [-0.4, -0.2) is 21.7 Å². The molecule has 0 radical (unpaired) electrons. The molecule has 1 aromatic carbocycles. The summed E-state index contributed by atoms with van der Waals surface area (Å²) in [5.41, 5.74) is 2.68. The second-order valence-corrected chi connectivity index (χ2v) is 9.21. The summed E-state index contributed by atoms with van der Waals surface area (Å²) in [5, 5.41) is 8.44. The predicted molar refractivity (Wildman–Crippen MR) is 101 cm³/mol. The summed E-state index contributed by atoms with van der Waals surface area (Å²) in [6.07, 6.45) is 1.56. The Hall–Kier alpha value is -0.850. The quantitative estimate of drug-likeness (QED) is 0.438. The lowest BCUT2D eigenvalue weighted by molar-refractivity contribution is -0.117. The second kappa shape index (κ2) is 9.45. The van der Waals surface area contributed by atoms with Gasteiger partial charge in [0.25, 0.3) is 0 Å². The molecule has 0 fully saturated rings. The number of benzene rings is 1. The van der Waals surface area contributed by atoms with Gasteiger partial charge in [-0.3, -0.25) is 0 Å². The molecule has 0 aliphatic rings. The van der Waals surface area contributed by atoms with Gasteiger partial charge in [-0.05, 0) is 30.4 Å². The van der Waals surface area contributed by atoms with E-state index in [2.05, 4.69) is 48.3 Å². The van der Waals surface area contributed by atoms with Crippen molar-refractivity contribution in [1.29, 1.82) is 0 Å². The van der Waals surface area contributed by atoms with Crippen molar-refractivity contribution < 1.29 is 4.79 Å². The summed E-state index contributed by atoms with van der Waals surface area (Å²) in [6.45, 7) is 6.05. The molecule has 1 heterocycles. The minimum Gasteiger partial charge on any atom is -0.300 e. The maximum Gasteiger partial charge on any atom is 0.175 e. The van der Waals surface area contributed by atoms with Gasteiger partial charge < -0.3 is 4.79 Å². The lowest BCUT2D eigenvalue weighted by Gasteiger charge is -2.05. The Labute approximate surface area is 150 Å². The normalized spacial score (nSPS) is 11.1. The molecule has 23 heavy (non-hydrogen) atoms. The van der Waals surface area contributed by atoms with Crippen molar-refractivity contribution in [2.45, 2.75) is 54.0 Å². The summed E-state index contributed by atoms with van der Waals surface area (Å²) >= 11 is 5.06. The van der Waals surface area contributed by atoms with E-state index < -0.39 is 0 Å². The van der Waals surface area contributed by atoms with E-state index in [9.17, 15) is 4.79 Å². The topological polar surface area (TPSA) is 42.9 Å². The van der Waals surface area contributed by atoms with Crippen molar-refractivity contribution >= 4 is 40.6 Å². The van der Waals surface area contributed by atoms with Crippen molar-refractivity contribution in [1.82, 2.24) is 10.2 Å². The molecule has 0 unspecified atom stereocenters. The molecular formula is C17H22N2OS3. The van der Waals surface area contributed by atoms with Gasteiger partial charge in [0.2, 0.25) is 0 Å². The third-order valence-electron chi connectivity index (χ3n) is 3.30. The van der Waals surface area contributed by atoms with E-state index >= 15 is 0 Å². The largest absolute Gasteiger partial charge is 0.300 e.